The number of hydrogen-bond acceptors (Lipinski definition) is 8. The highest BCUT2D eigenvalue weighted by Gasteiger charge is 2.32. The number of benzene rings is 1. The molecular formula is C36H47N5O3. The van der Waals surface area contributed by atoms with Gasteiger partial charge in [0.15, 0.2) is 6.73 Å². The zero-order valence-corrected chi connectivity index (χ0v) is 26.6. The first-order valence-electron chi connectivity index (χ1n) is 16.2. The fourth-order valence-corrected chi connectivity index (χ4v) is 6.60. The quantitative estimate of drug-likeness (QED) is 0.325. The van der Waals surface area contributed by atoms with E-state index in [2.05, 4.69) is 71.1 Å². The highest BCUT2D eigenvalue weighted by atomic mass is 16.7. The number of allylic oxidation sites excluding steroid dienone is 4. The van der Waals surface area contributed by atoms with Gasteiger partial charge in [-0.25, -0.2) is 5.06 Å². The summed E-state index contributed by atoms with van der Waals surface area (Å²) in [6, 6.07) is 12.6. The molecule has 44 heavy (non-hydrogen) atoms. The van der Waals surface area contributed by atoms with Crippen LogP contribution in [-0.2, 0) is 16.0 Å². The average molecular weight is 598 g/mol. The molecule has 234 valence electrons. The van der Waals surface area contributed by atoms with Crippen LogP contribution in [0.25, 0.3) is 5.57 Å². The highest BCUT2D eigenvalue weighted by Crippen LogP contribution is 2.35. The van der Waals surface area contributed by atoms with E-state index in [0.29, 0.717) is 13.2 Å². The predicted octanol–water partition coefficient (Wildman–Crippen LogP) is 5.66. The van der Waals surface area contributed by atoms with Crippen LogP contribution in [0.15, 0.2) is 83.9 Å². The molecule has 1 aliphatic carbocycles. The second-order valence-corrected chi connectivity index (χ2v) is 12.0. The molecule has 0 radical (unpaired) electrons. The van der Waals surface area contributed by atoms with Crippen molar-refractivity contribution in [3.05, 3.63) is 95.2 Å². The van der Waals surface area contributed by atoms with Crippen molar-refractivity contribution in [2.24, 2.45) is 0 Å². The van der Waals surface area contributed by atoms with Gasteiger partial charge in [0.25, 0.3) is 0 Å². The molecule has 0 atom stereocenters. The Balaban J connectivity index is 1.11. The fraction of sp³-hybridized carbons (Fsp3) is 0.472. The molecule has 0 saturated carbocycles. The van der Waals surface area contributed by atoms with Crippen molar-refractivity contribution >= 4 is 11.3 Å². The van der Waals surface area contributed by atoms with E-state index in [1.54, 1.807) is 7.11 Å². The van der Waals surface area contributed by atoms with Crippen molar-refractivity contribution in [1.29, 1.82) is 0 Å². The van der Waals surface area contributed by atoms with E-state index in [9.17, 15) is 0 Å². The zero-order chi connectivity index (χ0) is 30.3. The van der Waals surface area contributed by atoms with Gasteiger partial charge in [-0.15, -0.1) is 0 Å². The molecule has 0 amide bonds. The van der Waals surface area contributed by atoms with Crippen LogP contribution in [0.1, 0.15) is 44.4 Å². The van der Waals surface area contributed by atoms with E-state index in [-0.39, 0.29) is 6.10 Å². The molecule has 8 nitrogen and oxygen atoms in total. The minimum absolute atomic E-state index is 0.186. The Bertz CT molecular complexity index is 1400. The maximum atomic E-state index is 6.64. The SMILES string of the molecule is C/C=C(\C=C/CC)CN1CCC(ON2COC3=C2C=C(CN2CCN(c4ccccc4OC)CC2)c2cccnc2C3)CC1. The molecule has 6 rings (SSSR count). The Morgan fingerprint density at radius 1 is 1.02 bits per heavy atom. The number of fused-ring (bicyclic) bond motifs is 1. The number of hydroxylamine groups is 2. The lowest BCUT2D eigenvalue weighted by molar-refractivity contribution is -0.199. The van der Waals surface area contributed by atoms with E-state index in [0.717, 1.165) is 94.5 Å². The van der Waals surface area contributed by atoms with Crippen LogP contribution in [-0.4, -0.2) is 92.1 Å². The van der Waals surface area contributed by atoms with Gasteiger partial charge in [0.05, 0.1) is 31.0 Å². The van der Waals surface area contributed by atoms with E-state index < -0.39 is 0 Å². The number of hydrogen-bond donors (Lipinski definition) is 0. The molecule has 2 fully saturated rings. The van der Waals surface area contributed by atoms with Crippen molar-refractivity contribution in [2.75, 3.05) is 71.1 Å². The molecular weight excluding hydrogens is 550 g/mol. The van der Waals surface area contributed by atoms with E-state index >= 15 is 0 Å². The average Bonchev–Trinajstić information content (AvgIpc) is 3.35. The third-order valence-corrected chi connectivity index (χ3v) is 9.13. The van der Waals surface area contributed by atoms with Crippen LogP contribution < -0.4 is 9.64 Å². The summed E-state index contributed by atoms with van der Waals surface area (Å²) in [5.74, 6) is 1.89. The summed E-state index contributed by atoms with van der Waals surface area (Å²) < 4.78 is 11.9. The Kier molecular flexibility index (Phi) is 10.0. The predicted molar refractivity (Wildman–Crippen MR) is 176 cm³/mol. The molecule has 4 heterocycles. The second-order valence-electron chi connectivity index (χ2n) is 12.0. The van der Waals surface area contributed by atoms with Crippen molar-refractivity contribution in [2.45, 2.75) is 45.6 Å². The number of rotatable bonds is 10. The molecule has 2 aromatic rings. The number of methoxy groups -OCH3 is 1. The van der Waals surface area contributed by atoms with Gasteiger partial charge in [-0.2, -0.15) is 0 Å². The first-order valence-corrected chi connectivity index (χ1v) is 16.2. The normalized spacial score (nSPS) is 20.4. The topological polar surface area (TPSA) is 53.5 Å². The minimum Gasteiger partial charge on any atom is -0.495 e. The molecule has 0 bridgehead atoms. The number of ether oxygens (including phenoxy) is 2. The largest absolute Gasteiger partial charge is 0.495 e. The molecule has 4 aliphatic rings. The Labute approximate surface area is 262 Å². The Hall–Kier alpha value is -3.59. The summed E-state index contributed by atoms with van der Waals surface area (Å²) in [6.45, 7) is 12.6. The lowest BCUT2D eigenvalue weighted by Crippen LogP contribution is -2.47. The molecule has 0 unspecified atom stereocenters. The van der Waals surface area contributed by atoms with Gasteiger partial charge in [-0.3, -0.25) is 19.6 Å². The maximum absolute atomic E-state index is 6.64. The third-order valence-electron chi connectivity index (χ3n) is 9.13. The van der Waals surface area contributed by atoms with E-state index in [1.165, 1.54) is 22.4 Å². The van der Waals surface area contributed by atoms with Gasteiger partial charge in [-0.05, 0) is 61.6 Å². The zero-order valence-electron chi connectivity index (χ0n) is 26.6. The number of piperazine rings is 1. The molecule has 3 aliphatic heterocycles. The summed E-state index contributed by atoms with van der Waals surface area (Å²) in [4.78, 5) is 18.9. The van der Waals surface area contributed by atoms with Crippen LogP contribution in [0.5, 0.6) is 5.75 Å². The van der Waals surface area contributed by atoms with Gasteiger partial charge < -0.3 is 14.4 Å². The number of para-hydroxylation sites is 2. The summed E-state index contributed by atoms with van der Waals surface area (Å²) in [6.07, 6.45) is 14.9. The van der Waals surface area contributed by atoms with Gasteiger partial charge in [0.2, 0.25) is 0 Å². The molecule has 2 saturated heterocycles. The Morgan fingerprint density at radius 3 is 2.61 bits per heavy atom. The van der Waals surface area contributed by atoms with Crippen molar-refractivity contribution < 1.29 is 14.3 Å². The van der Waals surface area contributed by atoms with Crippen molar-refractivity contribution in [1.82, 2.24) is 19.8 Å². The minimum atomic E-state index is 0.186. The number of anilines is 1. The summed E-state index contributed by atoms with van der Waals surface area (Å²) >= 11 is 0. The van der Waals surface area contributed by atoms with Gasteiger partial charge >= 0.3 is 0 Å². The monoisotopic (exact) mass is 597 g/mol. The highest BCUT2D eigenvalue weighted by molar-refractivity contribution is 5.73. The number of nitrogens with zero attached hydrogens (tertiary/aromatic N) is 5. The lowest BCUT2D eigenvalue weighted by atomic mass is 10.0. The number of piperidine rings is 1. The van der Waals surface area contributed by atoms with Crippen LogP contribution in [0.3, 0.4) is 0 Å². The van der Waals surface area contributed by atoms with Crippen LogP contribution in [0, 0.1) is 0 Å². The second kappa shape index (κ2) is 14.5. The van der Waals surface area contributed by atoms with Crippen LogP contribution >= 0.6 is 0 Å². The van der Waals surface area contributed by atoms with E-state index in [1.807, 2.05) is 29.5 Å². The molecule has 0 N–H and O–H groups in total. The first kappa shape index (κ1) is 30.4. The smallest absolute Gasteiger partial charge is 0.184 e. The van der Waals surface area contributed by atoms with Crippen molar-refractivity contribution in [3.63, 3.8) is 0 Å². The number of pyridine rings is 1. The maximum Gasteiger partial charge on any atom is 0.184 e. The molecule has 0 spiro atoms. The lowest BCUT2D eigenvalue weighted by Gasteiger charge is -2.37. The standard InChI is InChI=1S/C36H47N5O3/c1-4-6-10-28(5-2)25-38-17-14-30(15-18-38)44-41-27-43-36-24-32-31(11-9-16-37-32)29(23-34(36)41)26-39-19-21-40(22-20-39)33-12-7-8-13-35(33)42-3/h5-13,16,23,30H,4,14-15,17-22,24-27H2,1-3H3/b10-6-,28-5+. The summed E-state index contributed by atoms with van der Waals surface area (Å²) in [7, 11) is 1.75. The van der Waals surface area contributed by atoms with Gasteiger partial charge in [0, 0.05) is 64.1 Å². The molecule has 8 heteroatoms. The number of likely N-dealkylation sites (tertiary alicyclic amines) is 1. The van der Waals surface area contributed by atoms with Crippen molar-refractivity contribution in [3.8, 4) is 5.75 Å². The number of aromatic nitrogens is 1. The van der Waals surface area contributed by atoms with Gasteiger partial charge in [0.1, 0.15) is 17.2 Å². The fourth-order valence-electron chi connectivity index (χ4n) is 6.60. The summed E-state index contributed by atoms with van der Waals surface area (Å²) in [5.41, 5.74) is 7.17. The van der Waals surface area contributed by atoms with Crippen LogP contribution in [0.2, 0.25) is 0 Å². The third kappa shape index (κ3) is 7.04. The molecule has 1 aromatic heterocycles. The first-order chi connectivity index (χ1) is 21.6. The van der Waals surface area contributed by atoms with Gasteiger partial charge in [-0.1, -0.05) is 43.4 Å². The summed E-state index contributed by atoms with van der Waals surface area (Å²) in [5, 5.41) is 2.00. The van der Waals surface area contributed by atoms with Crippen LogP contribution in [0.4, 0.5) is 5.69 Å². The molecule has 1 aromatic carbocycles. The Morgan fingerprint density at radius 2 is 1.84 bits per heavy atom. The van der Waals surface area contributed by atoms with E-state index in [4.69, 9.17) is 19.3 Å².